The lowest BCUT2D eigenvalue weighted by molar-refractivity contribution is 0.178. The lowest BCUT2D eigenvalue weighted by Gasteiger charge is -2.05. The van der Waals surface area contributed by atoms with E-state index in [1.165, 1.54) is 0 Å². The zero-order valence-electron chi connectivity index (χ0n) is 8.04. The third-order valence-electron chi connectivity index (χ3n) is 1.51. The first-order valence-corrected chi connectivity index (χ1v) is 4.61. The van der Waals surface area contributed by atoms with Crippen LogP contribution in [0.2, 0.25) is 0 Å². The van der Waals surface area contributed by atoms with Crippen molar-refractivity contribution in [2.24, 2.45) is 0 Å². The molecular weight excluding hydrogens is 198 g/mol. The molecular formula is C9H13N3OS. The highest BCUT2D eigenvalue weighted by Crippen LogP contribution is 2.04. The van der Waals surface area contributed by atoms with Gasteiger partial charge in [-0.05, 0) is 0 Å². The van der Waals surface area contributed by atoms with Crippen molar-refractivity contribution in [3.63, 3.8) is 0 Å². The molecule has 1 rings (SSSR count). The minimum absolute atomic E-state index is 0.424. The van der Waals surface area contributed by atoms with Crippen LogP contribution >= 0.6 is 12.2 Å². The summed E-state index contributed by atoms with van der Waals surface area (Å²) >= 11 is 5.00. The van der Waals surface area contributed by atoms with Crippen LogP contribution in [0.5, 0.6) is 0 Å². The fourth-order valence-electron chi connectivity index (χ4n) is 0.991. The van der Waals surface area contributed by atoms with E-state index in [-0.39, 0.29) is 0 Å². The molecule has 0 bridgehead atoms. The predicted molar refractivity (Wildman–Crippen MR) is 58.8 cm³/mol. The molecule has 0 aromatic carbocycles. The second-order valence-corrected chi connectivity index (χ2v) is 3.10. The van der Waals surface area contributed by atoms with Crippen LogP contribution in [0.15, 0.2) is 18.7 Å². The van der Waals surface area contributed by atoms with Crippen molar-refractivity contribution in [2.45, 2.75) is 6.61 Å². The summed E-state index contributed by atoms with van der Waals surface area (Å²) in [5.41, 5.74) is 0. The average molecular weight is 211 g/mol. The van der Waals surface area contributed by atoms with Crippen LogP contribution in [0.4, 0.5) is 5.82 Å². The first kappa shape index (κ1) is 10.9. The van der Waals surface area contributed by atoms with Crippen molar-refractivity contribution in [3.8, 4) is 0 Å². The largest absolute Gasteiger partial charge is 0.377 e. The van der Waals surface area contributed by atoms with Gasteiger partial charge in [-0.1, -0.05) is 18.3 Å². The summed E-state index contributed by atoms with van der Waals surface area (Å²) in [5.74, 6) is 1.54. The van der Waals surface area contributed by atoms with Gasteiger partial charge in [0.05, 0.1) is 0 Å². The van der Waals surface area contributed by atoms with Crippen molar-refractivity contribution in [1.82, 2.24) is 9.97 Å². The normalized spacial score (nSPS) is 9.79. The quantitative estimate of drug-likeness (QED) is 0.577. The summed E-state index contributed by atoms with van der Waals surface area (Å²) < 4.78 is 5.50. The summed E-state index contributed by atoms with van der Waals surface area (Å²) in [7, 11) is 1.61. The number of nitrogens with zero attached hydrogens (tertiary/aromatic N) is 1. The maximum atomic E-state index is 5.00. The number of aromatic amines is 1. The molecule has 76 valence electrons. The molecule has 0 fully saturated rings. The number of hydrogen-bond acceptors (Lipinski definition) is 4. The Bertz CT molecular complexity index is 361. The van der Waals surface area contributed by atoms with Crippen LogP contribution < -0.4 is 5.32 Å². The molecule has 0 aliphatic rings. The van der Waals surface area contributed by atoms with E-state index >= 15 is 0 Å². The molecule has 2 N–H and O–H groups in total. The summed E-state index contributed by atoms with van der Waals surface area (Å²) in [5, 5.41) is 3.10. The Kier molecular flexibility index (Phi) is 4.28. The SMILES string of the molecule is C=CCNc1cc(=S)nc(COC)[nH]1. The molecule has 0 saturated heterocycles. The van der Waals surface area contributed by atoms with E-state index in [9.17, 15) is 0 Å². The van der Waals surface area contributed by atoms with Crippen molar-refractivity contribution < 1.29 is 4.74 Å². The second kappa shape index (κ2) is 5.51. The Labute approximate surface area is 88.0 Å². The molecule has 0 unspecified atom stereocenters. The number of nitrogens with one attached hydrogen (secondary N) is 2. The van der Waals surface area contributed by atoms with Gasteiger partial charge < -0.3 is 15.0 Å². The Morgan fingerprint density at radius 3 is 3.21 bits per heavy atom. The van der Waals surface area contributed by atoms with Crippen molar-refractivity contribution in [1.29, 1.82) is 0 Å². The summed E-state index contributed by atoms with van der Waals surface area (Å²) in [6, 6.07) is 1.76. The zero-order chi connectivity index (χ0) is 10.4. The maximum absolute atomic E-state index is 5.00. The third kappa shape index (κ3) is 3.27. The summed E-state index contributed by atoms with van der Waals surface area (Å²) in [6.45, 7) is 4.72. The minimum Gasteiger partial charge on any atom is -0.377 e. The number of ether oxygens (including phenoxy) is 1. The molecule has 0 radical (unpaired) electrons. The Morgan fingerprint density at radius 1 is 1.79 bits per heavy atom. The molecule has 4 nitrogen and oxygen atoms in total. The Balaban J connectivity index is 2.83. The van der Waals surface area contributed by atoms with Crippen LogP contribution in [-0.2, 0) is 11.3 Å². The van der Waals surface area contributed by atoms with Gasteiger partial charge in [0.1, 0.15) is 22.9 Å². The van der Waals surface area contributed by atoms with Gasteiger partial charge in [-0.15, -0.1) is 6.58 Å². The third-order valence-corrected chi connectivity index (χ3v) is 1.72. The molecule has 0 aliphatic heterocycles. The fraction of sp³-hybridized carbons (Fsp3) is 0.333. The summed E-state index contributed by atoms with van der Waals surface area (Å²) in [6.07, 6.45) is 1.77. The Morgan fingerprint density at radius 2 is 2.57 bits per heavy atom. The monoisotopic (exact) mass is 211 g/mol. The molecule has 0 saturated carbocycles. The van der Waals surface area contributed by atoms with Gasteiger partial charge in [0.15, 0.2) is 0 Å². The highest BCUT2D eigenvalue weighted by Gasteiger charge is 1.97. The second-order valence-electron chi connectivity index (χ2n) is 2.68. The number of methoxy groups -OCH3 is 1. The lowest BCUT2D eigenvalue weighted by Crippen LogP contribution is -2.04. The standard InChI is InChI=1S/C9H13N3OS/c1-3-4-10-7-5-9(14)12-8(11-7)6-13-2/h3,5H,1,4,6H2,2H3,(H2,10,11,12,14). The minimum atomic E-state index is 0.424. The smallest absolute Gasteiger partial charge is 0.135 e. The van der Waals surface area contributed by atoms with Gasteiger partial charge >= 0.3 is 0 Å². The van der Waals surface area contributed by atoms with E-state index in [1.807, 2.05) is 0 Å². The van der Waals surface area contributed by atoms with E-state index in [2.05, 4.69) is 21.9 Å². The van der Waals surface area contributed by atoms with Crippen molar-refractivity contribution in [2.75, 3.05) is 19.0 Å². The van der Waals surface area contributed by atoms with E-state index in [0.717, 1.165) is 5.82 Å². The first-order valence-electron chi connectivity index (χ1n) is 4.20. The van der Waals surface area contributed by atoms with Crippen molar-refractivity contribution in [3.05, 3.63) is 29.2 Å². The molecule has 0 amide bonds. The van der Waals surface area contributed by atoms with Crippen LogP contribution in [0.25, 0.3) is 0 Å². The van der Waals surface area contributed by atoms with Crippen LogP contribution in [0.3, 0.4) is 0 Å². The van der Waals surface area contributed by atoms with Gasteiger partial charge in [0.2, 0.25) is 0 Å². The first-order chi connectivity index (χ1) is 6.76. The summed E-state index contributed by atoms with van der Waals surface area (Å²) in [4.78, 5) is 7.16. The van der Waals surface area contributed by atoms with Crippen LogP contribution in [0.1, 0.15) is 5.82 Å². The van der Waals surface area contributed by atoms with E-state index in [0.29, 0.717) is 23.6 Å². The molecule has 0 spiro atoms. The molecule has 0 aliphatic carbocycles. The van der Waals surface area contributed by atoms with Crippen molar-refractivity contribution >= 4 is 18.0 Å². The fourth-order valence-corrected chi connectivity index (χ4v) is 1.22. The number of hydrogen-bond donors (Lipinski definition) is 2. The molecule has 1 heterocycles. The Hall–Kier alpha value is -1.20. The van der Waals surface area contributed by atoms with Crippen LogP contribution in [-0.4, -0.2) is 23.6 Å². The van der Waals surface area contributed by atoms with E-state index in [4.69, 9.17) is 17.0 Å². The highest BCUT2D eigenvalue weighted by molar-refractivity contribution is 7.71. The molecule has 14 heavy (non-hydrogen) atoms. The van der Waals surface area contributed by atoms with Crippen LogP contribution in [0, 0.1) is 4.64 Å². The molecule has 0 atom stereocenters. The predicted octanol–water partition coefficient (Wildman–Crippen LogP) is 1.88. The van der Waals surface area contributed by atoms with Gasteiger partial charge in [0, 0.05) is 19.7 Å². The van der Waals surface area contributed by atoms with Gasteiger partial charge in [0.25, 0.3) is 0 Å². The number of rotatable bonds is 5. The highest BCUT2D eigenvalue weighted by atomic mass is 32.1. The average Bonchev–Trinajstić information content (AvgIpc) is 2.14. The van der Waals surface area contributed by atoms with Gasteiger partial charge in [-0.3, -0.25) is 0 Å². The molecule has 1 aromatic rings. The van der Waals surface area contributed by atoms with Gasteiger partial charge in [-0.25, -0.2) is 4.98 Å². The molecule has 1 aromatic heterocycles. The number of H-pyrrole nitrogens is 1. The molecule has 5 heteroatoms. The van der Waals surface area contributed by atoms with E-state index in [1.54, 1.807) is 19.3 Å². The topological polar surface area (TPSA) is 49.9 Å². The number of anilines is 1. The number of aromatic nitrogens is 2. The zero-order valence-corrected chi connectivity index (χ0v) is 8.86. The lowest BCUT2D eigenvalue weighted by atomic mass is 10.5. The van der Waals surface area contributed by atoms with Gasteiger partial charge in [-0.2, -0.15) is 0 Å². The van der Waals surface area contributed by atoms with E-state index < -0.39 is 0 Å². The maximum Gasteiger partial charge on any atom is 0.135 e.